The molecule has 0 saturated carbocycles. The molecule has 1 aromatic heterocycles. The van der Waals surface area contributed by atoms with E-state index < -0.39 is 0 Å². The number of ether oxygens (including phenoxy) is 1. The summed E-state index contributed by atoms with van der Waals surface area (Å²) in [6, 6.07) is 11.2. The summed E-state index contributed by atoms with van der Waals surface area (Å²) >= 11 is 0. The molecule has 0 bridgehead atoms. The number of fused-ring (bicyclic) bond motifs is 1. The maximum Gasteiger partial charge on any atom is 0.251 e. The molecule has 0 atom stereocenters. The fraction of sp³-hybridized carbons (Fsp3) is 0.200. The van der Waals surface area contributed by atoms with Crippen LogP contribution in [0.15, 0.2) is 42.6 Å². The number of hydrogen-bond donors (Lipinski definition) is 1. The van der Waals surface area contributed by atoms with Gasteiger partial charge in [0.25, 0.3) is 5.91 Å². The van der Waals surface area contributed by atoms with Gasteiger partial charge in [0.2, 0.25) is 0 Å². The summed E-state index contributed by atoms with van der Waals surface area (Å²) in [7, 11) is 0. The number of benzene rings is 1. The maximum absolute atomic E-state index is 12.0. The normalized spacial score (nSPS) is 12.6. The Morgan fingerprint density at radius 3 is 3.11 bits per heavy atom. The van der Waals surface area contributed by atoms with Crippen LogP contribution in [0.5, 0.6) is 5.75 Å². The zero-order valence-electron chi connectivity index (χ0n) is 10.4. The first-order valence-electron chi connectivity index (χ1n) is 6.27. The number of aromatic nitrogens is 1. The van der Waals surface area contributed by atoms with E-state index >= 15 is 0 Å². The molecule has 4 nitrogen and oxygen atoms in total. The van der Waals surface area contributed by atoms with Crippen molar-refractivity contribution in [2.45, 2.75) is 13.0 Å². The van der Waals surface area contributed by atoms with E-state index in [0.717, 1.165) is 23.4 Å². The van der Waals surface area contributed by atoms with Crippen LogP contribution in [0.1, 0.15) is 21.6 Å². The molecule has 2 heterocycles. The Hall–Kier alpha value is -2.36. The summed E-state index contributed by atoms with van der Waals surface area (Å²) in [4.78, 5) is 16.2. The van der Waals surface area contributed by atoms with E-state index in [1.54, 1.807) is 12.3 Å². The highest BCUT2D eigenvalue weighted by Gasteiger charge is 2.14. The molecular weight excluding hydrogens is 240 g/mol. The van der Waals surface area contributed by atoms with E-state index in [0.29, 0.717) is 18.7 Å². The van der Waals surface area contributed by atoms with Gasteiger partial charge in [-0.1, -0.05) is 6.07 Å². The summed E-state index contributed by atoms with van der Waals surface area (Å²) in [6.45, 7) is 1.14. The van der Waals surface area contributed by atoms with Gasteiger partial charge in [0.1, 0.15) is 5.75 Å². The minimum Gasteiger partial charge on any atom is -0.493 e. The Bertz CT molecular complexity index is 596. The maximum atomic E-state index is 12.0. The van der Waals surface area contributed by atoms with E-state index in [1.165, 1.54) is 0 Å². The van der Waals surface area contributed by atoms with Crippen molar-refractivity contribution in [1.29, 1.82) is 0 Å². The Kier molecular flexibility index (Phi) is 3.14. The van der Waals surface area contributed by atoms with Crippen molar-refractivity contribution in [2.75, 3.05) is 6.61 Å². The molecule has 4 heteroatoms. The van der Waals surface area contributed by atoms with E-state index in [1.807, 2.05) is 30.3 Å². The molecule has 19 heavy (non-hydrogen) atoms. The monoisotopic (exact) mass is 254 g/mol. The van der Waals surface area contributed by atoms with Crippen LogP contribution in [-0.2, 0) is 13.0 Å². The molecule has 3 rings (SSSR count). The fourth-order valence-electron chi connectivity index (χ4n) is 2.10. The van der Waals surface area contributed by atoms with Crippen LogP contribution in [0.3, 0.4) is 0 Å². The van der Waals surface area contributed by atoms with Crippen LogP contribution in [0.4, 0.5) is 0 Å². The molecule has 1 amide bonds. The molecule has 1 aromatic carbocycles. The standard InChI is InChI=1S/C15H14N2O2/c18-15(17-10-13-3-1-2-7-16-13)12-4-5-14-11(9-12)6-8-19-14/h1-5,7,9H,6,8,10H2,(H,17,18). The van der Waals surface area contributed by atoms with E-state index in [4.69, 9.17) is 4.74 Å². The molecular formula is C15H14N2O2. The van der Waals surface area contributed by atoms with Crippen LogP contribution in [0, 0.1) is 0 Å². The zero-order valence-corrected chi connectivity index (χ0v) is 10.4. The molecule has 0 radical (unpaired) electrons. The number of nitrogens with one attached hydrogen (secondary N) is 1. The second kappa shape index (κ2) is 5.10. The van der Waals surface area contributed by atoms with Gasteiger partial charge in [-0.05, 0) is 35.9 Å². The quantitative estimate of drug-likeness (QED) is 0.910. The zero-order chi connectivity index (χ0) is 13.1. The molecule has 2 aromatic rings. The second-order valence-corrected chi connectivity index (χ2v) is 4.42. The van der Waals surface area contributed by atoms with E-state index in [9.17, 15) is 4.79 Å². The predicted octanol–water partition coefficient (Wildman–Crippen LogP) is 1.95. The summed E-state index contributed by atoms with van der Waals surface area (Å²) in [5, 5.41) is 2.86. The lowest BCUT2D eigenvalue weighted by Gasteiger charge is -2.06. The van der Waals surface area contributed by atoms with Gasteiger partial charge in [-0.2, -0.15) is 0 Å². The minimum atomic E-state index is -0.0830. The first-order chi connectivity index (χ1) is 9.33. The molecule has 1 aliphatic rings. The van der Waals surface area contributed by atoms with Crippen LogP contribution < -0.4 is 10.1 Å². The second-order valence-electron chi connectivity index (χ2n) is 4.42. The summed E-state index contributed by atoms with van der Waals surface area (Å²) in [6.07, 6.45) is 2.59. The van der Waals surface area contributed by atoms with Gasteiger partial charge in [0, 0.05) is 18.2 Å². The highest BCUT2D eigenvalue weighted by molar-refractivity contribution is 5.94. The van der Waals surface area contributed by atoms with Crippen LogP contribution in [-0.4, -0.2) is 17.5 Å². The number of carbonyl (C=O) groups is 1. The molecule has 0 aliphatic carbocycles. The third-order valence-electron chi connectivity index (χ3n) is 3.11. The number of rotatable bonds is 3. The van der Waals surface area contributed by atoms with E-state index in [-0.39, 0.29) is 5.91 Å². The van der Waals surface area contributed by atoms with Gasteiger partial charge in [0.05, 0.1) is 18.8 Å². The lowest BCUT2D eigenvalue weighted by Crippen LogP contribution is -2.23. The van der Waals surface area contributed by atoms with Gasteiger partial charge in [-0.3, -0.25) is 9.78 Å². The lowest BCUT2D eigenvalue weighted by molar-refractivity contribution is 0.0950. The van der Waals surface area contributed by atoms with Crippen molar-refractivity contribution in [2.24, 2.45) is 0 Å². The topological polar surface area (TPSA) is 51.2 Å². The first kappa shape index (κ1) is 11.7. The minimum absolute atomic E-state index is 0.0830. The highest BCUT2D eigenvalue weighted by atomic mass is 16.5. The molecule has 0 fully saturated rings. The van der Waals surface area contributed by atoms with Crippen molar-refractivity contribution in [1.82, 2.24) is 10.3 Å². The largest absolute Gasteiger partial charge is 0.493 e. The Labute approximate surface area is 111 Å². The fourth-order valence-corrected chi connectivity index (χ4v) is 2.10. The Balaban J connectivity index is 1.67. The number of carbonyl (C=O) groups excluding carboxylic acids is 1. The van der Waals surface area contributed by atoms with Crippen molar-refractivity contribution in [3.05, 3.63) is 59.4 Å². The smallest absolute Gasteiger partial charge is 0.251 e. The SMILES string of the molecule is O=C(NCc1ccccn1)c1ccc2c(c1)CCO2. The van der Waals surface area contributed by atoms with Crippen LogP contribution in [0.25, 0.3) is 0 Å². The van der Waals surface area contributed by atoms with Crippen LogP contribution in [0.2, 0.25) is 0 Å². The predicted molar refractivity (Wildman–Crippen MR) is 71.0 cm³/mol. The van der Waals surface area contributed by atoms with Crippen molar-refractivity contribution < 1.29 is 9.53 Å². The van der Waals surface area contributed by atoms with Gasteiger partial charge < -0.3 is 10.1 Å². The Morgan fingerprint density at radius 2 is 2.26 bits per heavy atom. The molecule has 1 aliphatic heterocycles. The van der Waals surface area contributed by atoms with Gasteiger partial charge in [-0.15, -0.1) is 0 Å². The number of hydrogen-bond acceptors (Lipinski definition) is 3. The third-order valence-corrected chi connectivity index (χ3v) is 3.11. The first-order valence-corrected chi connectivity index (χ1v) is 6.27. The lowest BCUT2D eigenvalue weighted by atomic mass is 10.1. The number of pyridine rings is 1. The summed E-state index contributed by atoms with van der Waals surface area (Å²) in [5.74, 6) is 0.807. The van der Waals surface area contributed by atoms with E-state index in [2.05, 4.69) is 10.3 Å². The van der Waals surface area contributed by atoms with Gasteiger partial charge in [-0.25, -0.2) is 0 Å². The third kappa shape index (κ3) is 2.57. The highest BCUT2D eigenvalue weighted by Crippen LogP contribution is 2.25. The number of nitrogens with zero attached hydrogens (tertiary/aromatic N) is 1. The average molecular weight is 254 g/mol. The number of amides is 1. The molecule has 96 valence electrons. The van der Waals surface area contributed by atoms with Gasteiger partial charge >= 0.3 is 0 Å². The molecule has 0 unspecified atom stereocenters. The van der Waals surface area contributed by atoms with Gasteiger partial charge in [0.15, 0.2) is 0 Å². The molecule has 0 saturated heterocycles. The summed E-state index contributed by atoms with van der Waals surface area (Å²) in [5.41, 5.74) is 2.62. The van der Waals surface area contributed by atoms with Crippen molar-refractivity contribution >= 4 is 5.91 Å². The molecule has 0 spiro atoms. The van der Waals surface area contributed by atoms with Crippen molar-refractivity contribution in [3.8, 4) is 5.75 Å². The Morgan fingerprint density at radius 1 is 1.32 bits per heavy atom. The van der Waals surface area contributed by atoms with Crippen molar-refractivity contribution in [3.63, 3.8) is 0 Å². The average Bonchev–Trinajstić information content (AvgIpc) is 2.93. The van der Waals surface area contributed by atoms with Crippen LogP contribution >= 0.6 is 0 Å². The summed E-state index contributed by atoms with van der Waals surface area (Å²) < 4.78 is 5.42. The molecule has 1 N–H and O–H groups in total.